The fourth-order valence-electron chi connectivity index (χ4n) is 7.93. The Balaban J connectivity index is 1.27. The van der Waals surface area contributed by atoms with E-state index in [0.717, 1.165) is 60.8 Å². The van der Waals surface area contributed by atoms with Crippen LogP contribution >= 0.6 is 0 Å². The molecule has 0 aromatic heterocycles. The second-order valence-electron chi connectivity index (χ2n) is 15.8. The molecule has 2 heterocycles. The third-order valence-electron chi connectivity index (χ3n) is 10.5. The minimum atomic E-state index is -0.596. The first kappa shape index (κ1) is 38.9. The number of benzene rings is 2. The van der Waals surface area contributed by atoms with Crippen LogP contribution in [0.1, 0.15) is 133 Å². The summed E-state index contributed by atoms with van der Waals surface area (Å²) in [5.41, 5.74) is 3.49. The number of hydrogen-bond donors (Lipinski definition) is 4. The van der Waals surface area contributed by atoms with Gasteiger partial charge in [0, 0.05) is 56.5 Å². The number of ether oxygens (including phenoxy) is 2. The van der Waals surface area contributed by atoms with Crippen LogP contribution in [0.3, 0.4) is 0 Å². The van der Waals surface area contributed by atoms with Crippen molar-refractivity contribution in [3.8, 4) is 0 Å². The Kier molecular flexibility index (Phi) is 14.1. The van der Waals surface area contributed by atoms with Gasteiger partial charge in [-0.3, -0.25) is 19.3 Å². The van der Waals surface area contributed by atoms with Gasteiger partial charge in [0.2, 0.25) is 17.7 Å². The monoisotopic (exact) mass is 704 g/mol. The van der Waals surface area contributed by atoms with Crippen LogP contribution in [0.4, 0.5) is 0 Å². The number of carbonyl (C=O) groups excluding carboxylic acids is 3. The summed E-state index contributed by atoms with van der Waals surface area (Å²) in [6, 6.07) is 16.2. The van der Waals surface area contributed by atoms with Crippen molar-refractivity contribution in [1.29, 1.82) is 0 Å². The van der Waals surface area contributed by atoms with Crippen LogP contribution in [0.2, 0.25) is 0 Å². The van der Waals surface area contributed by atoms with E-state index in [4.69, 9.17) is 9.47 Å². The lowest BCUT2D eigenvalue weighted by atomic mass is 9.75. The second-order valence-corrected chi connectivity index (χ2v) is 15.8. The SMILES string of the molecule is CC(=O)NCCCCCC(=O)NCc1ccc([C@H]2O[C@@H](CN3[C@@H](C(=O)NC(C)(C)C)CC[C@H]4CCCC[C@H]43)C[C@@H](c3ccc(CO)cc3)O2)cc1. The van der Waals surface area contributed by atoms with Gasteiger partial charge in [-0.2, -0.15) is 0 Å². The highest BCUT2D eigenvalue weighted by atomic mass is 16.7. The summed E-state index contributed by atoms with van der Waals surface area (Å²) >= 11 is 0. The minimum absolute atomic E-state index is 0.0115. The van der Waals surface area contributed by atoms with E-state index < -0.39 is 6.29 Å². The number of unbranched alkanes of at least 4 members (excludes halogenated alkanes) is 2. The number of amides is 3. The van der Waals surface area contributed by atoms with Crippen LogP contribution in [0.25, 0.3) is 0 Å². The maximum Gasteiger partial charge on any atom is 0.237 e. The van der Waals surface area contributed by atoms with E-state index in [0.29, 0.717) is 44.4 Å². The molecule has 4 N–H and O–H groups in total. The summed E-state index contributed by atoms with van der Waals surface area (Å²) in [6.45, 7) is 9.36. The van der Waals surface area contributed by atoms with E-state index in [1.54, 1.807) is 0 Å². The largest absolute Gasteiger partial charge is 0.392 e. The van der Waals surface area contributed by atoms with Crippen LogP contribution in [0, 0.1) is 5.92 Å². The molecule has 6 atom stereocenters. The van der Waals surface area contributed by atoms with Gasteiger partial charge in [0.15, 0.2) is 6.29 Å². The first-order valence-electron chi connectivity index (χ1n) is 19.2. The number of nitrogens with one attached hydrogen (secondary N) is 3. The van der Waals surface area contributed by atoms with Crippen molar-refractivity contribution in [3.63, 3.8) is 0 Å². The molecule has 3 fully saturated rings. The molecule has 10 nitrogen and oxygen atoms in total. The molecule has 10 heteroatoms. The molecule has 2 saturated heterocycles. The van der Waals surface area contributed by atoms with E-state index >= 15 is 0 Å². The molecule has 0 radical (unpaired) electrons. The number of hydrogen-bond acceptors (Lipinski definition) is 7. The zero-order valence-electron chi connectivity index (χ0n) is 31.1. The van der Waals surface area contributed by atoms with Crippen LogP contribution in [-0.4, -0.2) is 64.5 Å². The van der Waals surface area contributed by atoms with Gasteiger partial charge < -0.3 is 30.5 Å². The number of likely N-dealkylation sites (tertiary alicyclic amines) is 1. The Morgan fingerprint density at radius 3 is 2.25 bits per heavy atom. The van der Waals surface area contributed by atoms with Crippen molar-refractivity contribution in [2.75, 3.05) is 13.1 Å². The first-order valence-corrected chi connectivity index (χ1v) is 19.2. The lowest BCUT2D eigenvalue weighted by Crippen LogP contribution is -2.61. The lowest BCUT2D eigenvalue weighted by molar-refractivity contribution is -0.255. The van der Waals surface area contributed by atoms with Crippen LogP contribution < -0.4 is 16.0 Å². The number of piperidine rings is 1. The topological polar surface area (TPSA) is 129 Å². The molecule has 1 aliphatic carbocycles. The molecule has 5 rings (SSSR count). The predicted molar refractivity (Wildman–Crippen MR) is 197 cm³/mol. The summed E-state index contributed by atoms with van der Waals surface area (Å²) in [5.74, 6) is 0.704. The van der Waals surface area contributed by atoms with Crippen LogP contribution in [0.15, 0.2) is 48.5 Å². The fourth-order valence-corrected chi connectivity index (χ4v) is 7.93. The molecule has 3 aliphatic rings. The van der Waals surface area contributed by atoms with Gasteiger partial charge in [-0.05, 0) is 81.9 Å². The maximum absolute atomic E-state index is 13.7. The number of aliphatic hydroxyl groups is 1. The standard InChI is InChI=1S/C41H60N4O6/c1-28(47)42-23-9-5-6-12-38(48)43-25-29-13-19-33(20-14-29)40-50-34(24-37(51-40)32-17-15-30(27-46)16-18-32)26-45-35-11-8-7-10-31(35)21-22-36(45)39(49)44-41(2,3)4/h13-20,31,34-37,40,46H,5-12,21-27H2,1-4H3,(H,42,47)(H,43,48)(H,44,49)/t31-,34-,35-,36-,37+,40+/m1/s1. The van der Waals surface area contributed by atoms with Crippen molar-refractivity contribution in [2.45, 2.75) is 148 Å². The van der Waals surface area contributed by atoms with Crippen molar-refractivity contribution >= 4 is 17.7 Å². The van der Waals surface area contributed by atoms with E-state index in [1.807, 2.05) is 69.3 Å². The Morgan fingerprint density at radius 2 is 1.55 bits per heavy atom. The van der Waals surface area contributed by atoms with Crippen molar-refractivity contribution in [2.24, 2.45) is 5.92 Å². The third-order valence-corrected chi connectivity index (χ3v) is 10.5. The molecule has 2 aromatic carbocycles. The van der Waals surface area contributed by atoms with E-state index in [9.17, 15) is 19.5 Å². The van der Waals surface area contributed by atoms with Gasteiger partial charge in [-0.1, -0.05) is 67.8 Å². The van der Waals surface area contributed by atoms with Gasteiger partial charge in [0.25, 0.3) is 0 Å². The summed E-state index contributed by atoms with van der Waals surface area (Å²) in [4.78, 5) is 39.6. The number of nitrogens with zero attached hydrogens (tertiary/aromatic N) is 1. The minimum Gasteiger partial charge on any atom is -0.392 e. The van der Waals surface area contributed by atoms with Crippen molar-refractivity contribution in [3.05, 3.63) is 70.8 Å². The van der Waals surface area contributed by atoms with Crippen LogP contribution in [-0.2, 0) is 37.0 Å². The quantitative estimate of drug-likeness (QED) is 0.178. The molecule has 0 bridgehead atoms. The Bertz CT molecular complexity index is 1430. The lowest BCUT2D eigenvalue weighted by Gasteiger charge is -2.50. The highest BCUT2D eigenvalue weighted by Crippen LogP contribution is 2.42. The molecule has 51 heavy (non-hydrogen) atoms. The zero-order valence-corrected chi connectivity index (χ0v) is 31.1. The van der Waals surface area contributed by atoms with Gasteiger partial charge in [-0.15, -0.1) is 0 Å². The summed E-state index contributed by atoms with van der Waals surface area (Å²) in [6.07, 6.45) is 9.42. The normalized spacial score (nSPS) is 25.4. The van der Waals surface area contributed by atoms with E-state index in [1.165, 1.54) is 26.2 Å². The van der Waals surface area contributed by atoms with Crippen molar-refractivity contribution in [1.82, 2.24) is 20.9 Å². The second kappa shape index (κ2) is 18.4. The number of fused-ring (bicyclic) bond motifs is 1. The molecule has 0 spiro atoms. The highest BCUT2D eigenvalue weighted by Gasteiger charge is 2.44. The maximum atomic E-state index is 13.7. The van der Waals surface area contributed by atoms with Crippen molar-refractivity contribution < 1.29 is 29.0 Å². The predicted octanol–water partition coefficient (Wildman–Crippen LogP) is 5.97. The fraction of sp³-hybridized carbons (Fsp3) is 0.634. The number of rotatable bonds is 14. The average molecular weight is 705 g/mol. The van der Waals surface area contributed by atoms with Gasteiger partial charge in [0.1, 0.15) is 0 Å². The first-order chi connectivity index (χ1) is 24.5. The van der Waals surface area contributed by atoms with E-state index in [-0.39, 0.29) is 48.1 Å². The smallest absolute Gasteiger partial charge is 0.237 e. The number of aliphatic hydroxyl groups excluding tert-OH is 1. The van der Waals surface area contributed by atoms with E-state index in [2.05, 4.69) is 20.9 Å². The van der Waals surface area contributed by atoms with Gasteiger partial charge >= 0.3 is 0 Å². The number of carbonyl (C=O) groups is 3. The molecular weight excluding hydrogens is 644 g/mol. The van der Waals surface area contributed by atoms with Gasteiger partial charge in [0.05, 0.1) is 24.9 Å². The average Bonchev–Trinajstić information content (AvgIpc) is 3.11. The Labute approximate surface area is 304 Å². The van der Waals surface area contributed by atoms with Gasteiger partial charge in [-0.25, -0.2) is 0 Å². The molecule has 3 amide bonds. The van der Waals surface area contributed by atoms with Crippen LogP contribution in [0.5, 0.6) is 0 Å². The summed E-state index contributed by atoms with van der Waals surface area (Å²) < 4.78 is 13.4. The molecular formula is C41H60N4O6. The Morgan fingerprint density at radius 1 is 0.843 bits per heavy atom. The molecule has 280 valence electrons. The molecule has 2 aromatic rings. The molecule has 0 unspecified atom stereocenters. The summed E-state index contributed by atoms with van der Waals surface area (Å²) in [7, 11) is 0. The zero-order chi connectivity index (χ0) is 36.4. The molecule has 2 aliphatic heterocycles. The third kappa shape index (κ3) is 11.6. The highest BCUT2D eigenvalue weighted by molar-refractivity contribution is 5.82. The summed E-state index contributed by atoms with van der Waals surface area (Å²) in [5, 5.41) is 18.7. The molecule has 1 saturated carbocycles. The Hall–Kier alpha value is -3.31.